The highest BCUT2D eigenvalue weighted by molar-refractivity contribution is 5.83. The lowest BCUT2D eigenvalue weighted by Crippen LogP contribution is -2.52. The first-order valence-corrected chi connectivity index (χ1v) is 11.3. The smallest absolute Gasteiger partial charge is 0.254 e. The number of benzene rings is 2. The molecule has 0 radical (unpaired) electrons. The molecule has 174 valence electrons. The van der Waals surface area contributed by atoms with Gasteiger partial charge < -0.3 is 19.5 Å². The van der Waals surface area contributed by atoms with Crippen LogP contribution in [0.2, 0.25) is 0 Å². The van der Waals surface area contributed by atoms with Gasteiger partial charge in [-0.05, 0) is 49.1 Å². The Kier molecular flexibility index (Phi) is 5.60. The number of nitrogens with zero attached hydrogens (tertiary/aromatic N) is 2. The lowest BCUT2D eigenvalue weighted by molar-refractivity contribution is -0.162. The summed E-state index contributed by atoms with van der Waals surface area (Å²) >= 11 is 0. The number of hydrazine groups is 1. The van der Waals surface area contributed by atoms with Crippen molar-refractivity contribution in [3.63, 3.8) is 0 Å². The Balaban J connectivity index is 1.30. The van der Waals surface area contributed by atoms with E-state index < -0.39 is 18.0 Å². The molecule has 3 aliphatic rings. The first-order valence-electron chi connectivity index (χ1n) is 11.3. The van der Waals surface area contributed by atoms with E-state index in [1.807, 2.05) is 23.1 Å². The van der Waals surface area contributed by atoms with Gasteiger partial charge >= 0.3 is 0 Å². The van der Waals surface area contributed by atoms with Crippen molar-refractivity contribution in [2.45, 2.75) is 63.8 Å². The average Bonchev–Trinajstić information content (AvgIpc) is 3.31. The van der Waals surface area contributed by atoms with Crippen LogP contribution in [-0.4, -0.2) is 57.4 Å². The summed E-state index contributed by atoms with van der Waals surface area (Å²) in [5, 5.41) is 11.2. The Hall–Kier alpha value is -2.94. The highest BCUT2D eigenvalue weighted by atomic mass is 16.8. The lowest BCUT2D eigenvalue weighted by Gasteiger charge is -2.32. The molecular formula is C25H29N3O5. The van der Waals surface area contributed by atoms with E-state index in [2.05, 4.69) is 17.6 Å². The molecule has 33 heavy (non-hydrogen) atoms. The van der Waals surface area contributed by atoms with Gasteiger partial charge in [-0.15, -0.1) is 0 Å². The second-order valence-electron chi connectivity index (χ2n) is 9.39. The molecule has 0 spiro atoms. The van der Waals surface area contributed by atoms with Crippen molar-refractivity contribution in [1.29, 1.82) is 0 Å². The van der Waals surface area contributed by atoms with Gasteiger partial charge in [0.05, 0.1) is 12.6 Å². The summed E-state index contributed by atoms with van der Waals surface area (Å²) in [5.41, 5.74) is 6.45. The molecule has 3 heterocycles. The highest BCUT2D eigenvalue weighted by Crippen LogP contribution is 2.34. The van der Waals surface area contributed by atoms with Crippen LogP contribution < -0.4 is 5.43 Å². The number of hydrogen-bond acceptors (Lipinski definition) is 6. The molecule has 5 rings (SSSR count). The molecule has 3 atom stereocenters. The largest absolute Gasteiger partial charge is 0.508 e. The lowest BCUT2D eigenvalue weighted by atomic mass is 9.98. The van der Waals surface area contributed by atoms with E-state index in [9.17, 15) is 14.7 Å². The number of hydrogen-bond donors (Lipinski definition) is 2. The topological polar surface area (TPSA) is 91.3 Å². The fourth-order valence-electron chi connectivity index (χ4n) is 4.91. The predicted molar refractivity (Wildman–Crippen MR) is 120 cm³/mol. The molecule has 2 fully saturated rings. The molecule has 0 aliphatic carbocycles. The van der Waals surface area contributed by atoms with Crippen LogP contribution in [0.15, 0.2) is 48.5 Å². The van der Waals surface area contributed by atoms with Gasteiger partial charge in [0, 0.05) is 19.5 Å². The van der Waals surface area contributed by atoms with Gasteiger partial charge in [-0.1, -0.05) is 36.4 Å². The predicted octanol–water partition coefficient (Wildman–Crippen LogP) is 2.10. The van der Waals surface area contributed by atoms with Gasteiger partial charge in [0.1, 0.15) is 11.9 Å². The Morgan fingerprint density at radius 2 is 1.94 bits per heavy atom. The second-order valence-corrected chi connectivity index (χ2v) is 9.39. The van der Waals surface area contributed by atoms with E-state index in [0.717, 1.165) is 17.5 Å². The number of fused-ring (bicyclic) bond motifs is 1. The summed E-state index contributed by atoms with van der Waals surface area (Å²) in [6.45, 7) is 5.06. The third kappa shape index (κ3) is 4.46. The second kappa shape index (κ2) is 8.44. The van der Waals surface area contributed by atoms with Crippen molar-refractivity contribution in [3.05, 3.63) is 65.2 Å². The number of ether oxygens (including phenoxy) is 2. The molecule has 2 N–H and O–H groups in total. The van der Waals surface area contributed by atoms with Gasteiger partial charge in [-0.3, -0.25) is 14.6 Å². The average molecular weight is 452 g/mol. The Morgan fingerprint density at radius 3 is 2.73 bits per heavy atom. The molecule has 2 amide bonds. The van der Waals surface area contributed by atoms with Crippen molar-refractivity contribution < 1.29 is 24.2 Å². The van der Waals surface area contributed by atoms with E-state index >= 15 is 0 Å². The summed E-state index contributed by atoms with van der Waals surface area (Å²) in [7, 11) is 0. The van der Waals surface area contributed by atoms with Gasteiger partial charge in [0.2, 0.25) is 5.91 Å². The number of carbonyl (C=O) groups is 2. The Labute approximate surface area is 193 Å². The normalized spacial score (nSPS) is 26.5. The van der Waals surface area contributed by atoms with Gasteiger partial charge in [-0.25, -0.2) is 5.43 Å². The monoisotopic (exact) mass is 451 g/mol. The van der Waals surface area contributed by atoms with Crippen LogP contribution in [0.25, 0.3) is 0 Å². The van der Waals surface area contributed by atoms with Gasteiger partial charge in [-0.2, -0.15) is 0 Å². The SMILES string of the molecule is CC1(C)O[C@@H](C(=O)N2CCc3ccccc3C2)[C@H](C2CC(=O)N(Cc3cccc(O)c3)N2)O1. The van der Waals surface area contributed by atoms with Crippen LogP contribution in [-0.2, 0) is 38.6 Å². The fourth-order valence-corrected chi connectivity index (χ4v) is 4.91. The maximum Gasteiger partial charge on any atom is 0.254 e. The summed E-state index contributed by atoms with van der Waals surface area (Å²) in [6, 6.07) is 14.6. The van der Waals surface area contributed by atoms with Gasteiger partial charge in [0.25, 0.3) is 5.91 Å². The van der Waals surface area contributed by atoms with E-state index in [1.165, 1.54) is 10.6 Å². The number of rotatable bonds is 4. The first kappa shape index (κ1) is 21.9. The van der Waals surface area contributed by atoms with Crippen molar-refractivity contribution in [2.24, 2.45) is 0 Å². The standard InChI is InChI=1S/C25H29N3O5/c1-25(2)32-22(20-13-21(30)28(26-20)14-16-6-5-9-19(29)12-16)23(33-25)24(31)27-11-10-17-7-3-4-8-18(17)15-27/h3-9,12,20,22-23,26,29H,10-11,13-15H2,1-2H3/t20?,22-,23+/m0/s1. The van der Waals surface area contributed by atoms with Crippen molar-refractivity contribution in [1.82, 2.24) is 15.3 Å². The quantitative estimate of drug-likeness (QED) is 0.740. The molecule has 2 aromatic rings. The Bertz CT molecular complexity index is 1070. The molecule has 8 heteroatoms. The van der Waals surface area contributed by atoms with Crippen LogP contribution in [0.1, 0.15) is 37.0 Å². The van der Waals surface area contributed by atoms with E-state index in [0.29, 0.717) is 19.6 Å². The summed E-state index contributed by atoms with van der Waals surface area (Å²) in [4.78, 5) is 28.1. The third-order valence-corrected chi connectivity index (χ3v) is 6.48. The zero-order valence-electron chi connectivity index (χ0n) is 18.9. The van der Waals surface area contributed by atoms with Crippen LogP contribution in [0, 0.1) is 0 Å². The number of phenols is 1. The van der Waals surface area contributed by atoms with Crippen LogP contribution in [0.3, 0.4) is 0 Å². The number of nitrogens with one attached hydrogen (secondary N) is 1. The molecule has 2 aromatic carbocycles. The summed E-state index contributed by atoms with van der Waals surface area (Å²) < 4.78 is 12.2. The van der Waals surface area contributed by atoms with Crippen LogP contribution >= 0.6 is 0 Å². The zero-order chi connectivity index (χ0) is 23.2. The van der Waals surface area contributed by atoms with Crippen molar-refractivity contribution in [2.75, 3.05) is 6.54 Å². The molecule has 2 saturated heterocycles. The van der Waals surface area contributed by atoms with Crippen molar-refractivity contribution in [3.8, 4) is 5.75 Å². The molecular weight excluding hydrogens is 422 g/mol. The molecule has 1 unspecified atom stereocenters. The van der Waals surface area contributed by atoms with E-state index in [-0.39, 0.29) is 30.0 Å². The number of carbonyl (C=O) groups excluding carboxylic acids is 2. The number of aromatic hydroxyl groups is 1. The minimum atomic E-state index is -0.929. The maximum absolute atomic E-state index is 13.5. The summed E-state index contributed by atoms with van der Waals surface area (Å²) in [6.07, 6.45) is -0.379. The van der Waals surface area contributed by atoms with E-state index in [1.54, 1.807) is 32.0 Å². The highest BCUT2D eigenvalue weighted by Gasteiger charge is 2.52. The molecule has 3 aliphatic heterocycles. The maximum atomic E-state index is 13.5. The molecule has 0 saturated carbocycles. The summed E-state index contributed by atoms with van der Waals surface area (Å²) in [5.74, 6) is -0.976. The Morgan fingerprint density at radius 1 is 1.15 bits per heavy atom. The van der Waals surface area contributed by atoms with E-state index in [4.69, 9.17) is 9.47 Å². The van der Waals surface area contributed by atoms with Crippen LogP contribution in [0.5, 0.6) is 5.75 Å². The third-order valence-electron chi connectivity index (χ3n) is 6.48. The minimum absolute atomic E-state index is 0.0882. The van der Waals surface area contributed by atoms with Crippen LogP contribution in [0.4, 0.5) is 0 Å². The first-order chi connectivity index (χ1) is 15.8. The molecule has 8 nitrogen and oxygen atoms in total. The van der Waals surface area contributed by atoms with Crippen molar-refractivity contribution >= 4 is 11.8 Å². The number of phenolic OH excluding ortho intramolecular Hbond substituents is 1. The fraction of sp³-hybridized carbons (Fsp3) is 0.440. The van der Waals surface area contributed by atoms with Gasteiger partial charge in [0.15, 0.2) is 11.9 Å². The molecule has 0 bridgehead atoms. The zero-order valence-corrected chi connectivity index (χ0v) is 18.9. The molecule has 0 aromatic heterocycles. The minimum Gasteiger partial charge on any atom is -0.508 e. The number of amides is 2.